The number of nitrogens with two attached hydrogens (primary N) is 1. The molecule has 0 saturated carbocycles. The highest BCUT2D eigenvalue weighted by Gasteiger charge is 2.49. The molecule has 1 saturated heterocycles. The lowest BCUT2D eigenvalue weighted by Crippen LogP contribution is -2.47. The number of methoxy groups -OCH3 is 1. The first-order valence-electron chi connectivity index (χ1n) is 10.7. The second-order valence-electron chi connectivity index (χ2n) is 8.60. The number of benzene rings is 1. The highest BCUT2D eigenvalue weighted by Crippen LogP contribution is 2.41. The van der Waals surface area contributed by atoms with Crippen molar-refractivity contribution in [3.05, 3.63) is 54.2 Å². The lowest BCUT2D eigenvalue weighted by atomic mass is 10.0. The van der Waals surface area contributed by atoms with Gasteiger partial charge in [0.05, 0.1) is 12.6 Å². The number of para-hydroxylation sites is 1. The lowest BCUT2D eigenvalue weighted by molar-refractivity contribution is -0.184. The van der Waals surface area contributed by atoms with Crippen molar-refractivity contribution >= 4 is 16.6 Å². The molecular formula is C23H22F4N6O. The molecule has 4 heterocycles. The fourth-order valence-corrected chi connectivity index (χ4v) is 4.52. The second-order valence-corrected chi connectivity index (χ2v) is 8.60. The molecule has 11 heteroatoms. The second kappa shape index (κ2) is 8.17. The number of ether oxygens (including phenoxy) is 1. The van der Waals surface area contributed by atoms with Crippen LogP contribution in [0.4, 0.5) is 17.6 Å². The highest BCUT2D eigenvalue weighted by molar-refractivity contribution is 5.86. The van der Waals surface area contributed by atoms with Gasteiger partial charge in [0, 0.05) is 24.7 Å². The minimum atomic E-state index is -4.59. The summed E-state index contributed by atoms with van der Waals surface area (Å²) in [6.07, 6.45) is -3.07. The van der Waals surface area contributed by atoms with Gasteiger partial charge in [-0.25, -0.2) is 9.37 Å². The van der Waals surface area contributed by atoms with Gasteiger partial charge < -0.3 is 10.5 Å². The van der Waals surface area contributed by atoms with E-state index in [0.29, 0.717) is 28.4 Å². The van der Waals surface area contributed by atoms with Crippen LogP contribution in [0.25, 0.3) is 28.1 Å². The third-order valence-electron chi connectivity index (χ3n) is 6.23. The van der Waals surface area contributed by atoms with Gasteiger partial charge in [0.1, 0.15) is 29.7 Å². The zero-order valence-electron chi connectivity index (χ0n) is 18.3. The number of halogens is 4. The van der Waals surface area contributed by atoms with Gasteiger partial charge in [-0.3, -0.25) is 9.30 Å². The van der Waals surface area contributed by atoms with Crippen LogP contribution in [-0.2, 0) is 0 Å². The summed E-state index contributed by atoms with van der Waals surface area (Å²) in [7, 11) is 1.54. The van der Waals surface area contributed by atoms with E-state index in [1.165, 1.54) is 34.7 Å². The Kier molecular flexibility index (Phi) is 5.40. The number of nitrogens with zero attached hydrogens (tertiary/aromatic N) is 5. The highest BCUT2D eigenvalue weighted by atomic mass is 19.4. The van der Waals surface area contributed by atoms with Crippen LogP contribution >= 0.6 is 0 Å². The van der Waals surface area contributed by atoms with E-state index in [2.05, 4.69) is 15.2 Å². The standard InChI is InChI=1S/C23H22F4N6O/c1-34-17-4-2-3-14-5-7-16(29-19(14)17)21-31-30-18-8-6-15(11-33(18)21)20(23(25,26)27)32-10-9-22(28,12-24)13-32/h2-8,11,20H,9-10,12-13,28H2,1H3. The molecule has 0 bridgehead atoms. The van der Waals surface area contributed by atoms with E-state index in [-0.39, 0.29) is 25.1 Å². The molecule has 0 amide bonds. The largest absolute Gasteiger partial charge is 0.494 e. The van der Waals surface area contributed by atoms with Gasteiger partial charge >= 0.3 is 6.18 Å². The Morgan fingerprint density at radius 3 is 2.68 bits per heavy atom. The molecule has 2 atom stereocenters. The maximum Gasteiger partial charge on any atom is 0.408 e. The van der Waals surface area contributed by atoms with Gasteiger partial charge in [-0.05, 0) is 30.2 Å². The normalized spacial score (nSPS) is 20.3. The van der Waals surface area contributed by atoms with Crippen LogP contribution in [0.15, 0.2) is 48.7 Å². The third kappa shape index (κ3) is 3.84. The minimum Gasteiger partial charge on any atom is -0.494 e. The van der Waals surface area contributed by atoms with Crippen LogP contribution in [0.3, 0.4) is 0 Å². The summed E-state index contributed by atoms with van der Waals surface area (Å²) in [6, 6.07) is 9.99. The van der Waals surface area contributed by atoms with E-state index in [4.69, 9.17) is 10.5 Å². The van der Waals surface area contributed by atoms with Crippen LogP contribution < -0.4 is 10.5 Å². The van der Waals surface area contributed by atoms with Gasteiger partial charge in [0.25, 0.3) is 0 Å². The molecule has 1 aliphatic heterocycles. The summed E-state index contributed by atoms with van der Waals surface area (Å²) < 4.78 is 62.7. The number of hydrogen-bond donors (Lipinski definition) is 1. The molecule has 0 spiro atoms. The maximum absolute atomic E-state index is 14.2. The predicted octanol–water partition coefficient (Wildman–Crippen LogP) is 3.93. The van der Waals surface area contributed by atoms with E-state index < -0.39 is 24.4 Å². The van der Waals surface area contributed by atoms with Crippen LogP contribution in [0, 0.1) is 0 Å². The van der Waals surface area contributed by atoms with Crippen LogP contribution in [-0.4, -0.2) is 63.1 Å². The van der Waals surface area contributed by atoms with Crippen molar-refractivity contribution in [2.24, 2.45) is 5.73 Å². The van der Waals surface area contributed by atoms with Gasteiger partial charge in [0.15, 0.2) is 11.5 Å². The average molecular weight is 474 g/mol. The van der Waals surface area contributed by atoms with Crippen molar-refractivity contribution in [2.75, 3.05) is 26.9 Å². The molecule has 5 rings (SSSR count). The fourth-order valence-electron chi connectivity index (χ4n) is 4.52. The summed E-state index contributed by atoms with van der Waals surface area (Å²) in [5.74, 6) is 0.863. The SMILES string of the molecule is COc1cccc2ccc(-c3nnc4ccc(C(N5CCC(N)(CF)C5)C(F)(F)F)cn34)nc12. The molecule has 178 valence electrons. The molecule has 34 heavy (non-hydrogen) atoms. The Bertz CT molecular complexity index is 1360. The minimum absolute atomic E-state index is 0.0115. The zero-order valence-corrected chi connectivity index (χ0v) is 18.3. The molecule has 1 fully saturated rings. The number of pyridine rings is 2. The first-order valence-corrected chi connectivity index (χ1v) is 10.7. The number of rotatable bonds is 5. The van der Waals surface area contributed by atoms with Crippen molar-refractivity contribution in [2.45, 2.75) is 24.2 Å². The van der Waals surface area contributed by atoms with Crippen molar-refractivity contribution in [3.63, 3.8) is 0 Å². The molecule has 0 radical (unpaired) electrons. The Labute approximate surface area is 192 Å². The van der Waals surface area contributed by atoms with E-state index in [1.54, 1.807) is 12.1 Å². The van der Waals surface area contributed by atoms with Crippen molar-refractivity contribution in [3.8, 4) is 17.3 Å². The molecule has 2 N–H and O–H groups in total. The summed E-state index contributed by atoms with van der Waals surface area (Å²) in [4.78, 5) is 5.81. The van der Waals surface area contributed by atoms with Gasteiger partial charge in [-0.15, -0.1) is 10.2 Å². The first-order chi connectivity index (χ1) is 16.2. The quantitative estimate of drug-likeness (QED) is 0.442. The summed E-state index contributed by atoms with van der Waals surface area (Å²) in [6.45, 7) is -1.02. The third-order valence-corrected chi connectivity index (χ3v) is 6.23. The topological polar surface area (TPSA) is 81.6 Å². The van der Waals surface area contributed by atoms with Crippen LogP contribution in [0.1, 0.15) is 18.0 Å². The molecule has 2 unspecified atom stereocenters. The monoisotopic (exact) mass is 474 g/mol. The summed E-state index contributed by atoms with van der Waals surface area (Å²) in [5, 5.41) is 9.11. The Morgan fingerprint density at radius 1 is 1.15 bits per heavy atom. The van der Waals surface area contributed by atoms with Crippen molar-refractivity contribution < 1.29 is 22.3 Å². The predicted molar refractivity (Wildman–Crippen MR) is 118 cm³/mol. The van der Waals surface area contributed by atoms with Crippen molar-refractivity contribution in [1.82, 2.24) is 24.5 Å². The number of hydrogen-bond acceptors (Lipinski definition) is 6. The summed E-state index contributed by atoms with van der Waals surface area (Å²) in [5.41, 5.74) is 6.05. The van der Waals surface area contributed by atoms with Gasteiger partial charge in [0.2, 0.25) is 0 Å². The molecule has 1 aromatic carbocycles. The van der Waals surface area contributed by atoms with Crippen LogP contribution in [0.5, 0.6) is 5.75 Å². The smallest absolute Gasteiger partial charge is 0.408 e. The Morgan fingerprint density at radius 2 is 1.97 bits per heavy atom. The number of alkyl halides is 4. The lowest BCUT2D eigenvalue weighted by Gasteiger charge is -2.31. The Balaban J connectivity index is 1.60. The molecule has 0 aliphatic carbocycles. The number of likely N-dealkylation sites (tertiary alicyclic amines) is 1. The average Bonchev–Trinajstić information content (AvgIpc) is 3.41. The van der Waals surface area contributed by atoms with Gasteiger partial charge in [-0.1, -0.05) is 24.3 Å². The van der Waals surface area contributed by atoms with E-state index >= 15 is 0 Å². The molecule has 4 aromatic rings. The molecule has 3 aromatic heterocycles. The van der Waals surface area contributed by atoms with E-state index in [9.17, 15) is 17.6 Å². The maximum atomic E-state index is 14.2. The van der Waals surface area contributed by atoms with E-state index in [1.807, 2.05) is 18.2 Å². The Hall–Kier alpha value is -3.31. The fraction of sp³-hybridized carbons (Fsp3) is 0.348. The number of aromatic nitrogens is 4. The zero-order chi connectivity index (χ0) is 24.1. The van der Waals surface area contributed by atoms with E-state index in [0.717, 1.165) is 5.39 Å². The molecule has 7 nitrogen and oxygen atoms in total. The molecular weight excluding hydrogens is 452 g/mol. The molecule has 1 aliphatic rings. The van der Waals surface area contributed by atoms with Crippen LogP contribution in [0.2, 0.25) is 0 Å². The van der Waals surface area contributed by atoms with Gasteiger partial charge in [-0.2, -0.15) is 13.2 Å². The first kappa shape index (κ1) is 22.5. The number of fused-ring (bicyclic) bond motifs is 2. The summed E-state index contributed by atoms with van der Waals surface area (Å²) >= 11 is 0. The van der Waals surface area contributed by atoms with Crippen molar-refractivity contribution in [1.29, 1.82) is 0 Å².